The van der Waals surface area contributed by atoms with Gasteiger partial charge in [0.1, 0.15) is 11.4 Å². The van der Waals surface area contributed by atoms with Crippen LogP contribution in [0, 0.1) is 11.8 Å². The lowest BCUT2D eigenvalue weighted by atomic mass is 9.75. The number of rotatable bonds is 4. The Hall–Kier alpha value is -2.12. The molecular weight excluding hydrogens is 382 g/mol. The van der Waals surface area contributed by atoms with E-state index in [9.17, 15) is 9.59 Å². The molecular formula is C23H31N3O4. The molecule has 0 aliphatic carbocycles. The summed E-state index contributed by atoms with van der Waals surface area (Å²) in [5.41, 5.74) is -0.812. The number of likely N-dealkylation sites (tertiary alicyclic amines) is 1. The van der Waals surface area contributed by atoms with Crippen LogP contribution >= 0.6 is 0 Å². The molecule has 4 aliphatic rings. The molecule has 0 saturated carbocycles. The van der Waals surface area contributed by atoms with Crippen molar-refractivity contribution in [2.45, 2.75) is 75.9 Å². The summed E-state index contributed by atoms with van der Waals surface area (Å²) >= 11 is 0. The highest BCUT2D eigenvalue weighted by Gasteiger charge is 2.67. The number of carbonyl (C=O) groups is 2. The Labute approximate surface area is 177 Å². The summed E-state index contributed by atoms with van der Waals surface area (Å²) in [5, 5.41) is 6.91. The fourth-order valence-electron chi connectivity index (χ4n) is 6.32. The van der Waals surface area contributed by atoms with Gasteiger partial charge in [-0.25, -0.2) is 0 Å². The minimum atomic E-state index is -0.691. The van der Waals surface area contributed by atoms with Crippen LogP contribution in [0.1, 0.15) is 46.3 Å². The molecule has 0 radical (unpaired) electrons. The number of hydrogen-bond donors (Lipinski definition) is 2. The predicted octanol–water partition coefficient (Wildman–Crippen LogP) is 1.99. The molecule has 4 aliphatic heterocycles. The van der Waals surface area contributed by atoms with Crippen molar-refractivity contribution in [1.29, 1.82) is 0 Å². The summed E-state index contributed by atoms with van der Waals surface area (Å²) in [5.74, 6) is -0.305. The van der Waals surface area contributed by atoms with Gasteiger partial charge in [-0.3, -0.25) is 9.59 Å². The molecule has 4 atom stereocenters. The monoisotopic (exact) mass is 413 g/mol. The first-order valence-electron chi connectivity index (χ1n) is 10.9. The van der Waals surface area contributed by atoms with E-state index in [-0.39, 0.29) is 35.0 Å². The Kier molecular flexibility index (Phi) is 4.25. The highest BCUT2D eigenvalue weighted by atomic mass is 16.5. The molecule has 7 heteroatoms. The normalized spacial score (nSPS) is 36.3. The number of hydrogen-bond acceptors (Lipinski definition) is 5. The van der Waals surface area contributed by atoms with Crippen LogP contribution in [0.4, 0.5) is 0 Å². The molecule has 3 saturated heterocycles. The Balaban J connectivity index is 1.33. The summed E-state index contributed by atoms with van der Waals surface area (Å²) in [6, 6.07) is 3.74. The Morgan fingerprint density at radius 3 is 2.67 bits per heavy atom. The Bertz CT molecular complexity index is 874. The SMILES string of the molecule is CC1(C)CC(NC(=O)[C@@H]2[C@H]3C(=O)N(Cc4ccco4)C[C@@]34C=C[C@H]2O4)CC(C)(C)N1. The molecule has 0 aromatic carbocycles. The van der Waals surface area contributed by atoms with E-state index in [0.717, 1.165) is 18.6 Å². The third kappa shape index (κ3) is 3.19. The highest BCUT2D eigenvalue weighted by molar-refractivity contribution is 5.93. The van der Waals surface area contributed by atoms with Gasteiger partial charge in [-0.1, -0.05) is 12.2 Å². The van der Waals surface area contributed by atoms with Crippen molar-refractivity contribution in [2.75, 3.05) is 6.54 Å². The van der Waals surface area contributed by atoms with Crippen LogP contribution in [0.15, 0.2) is 35.0 Å². The highest BCUT2D eigenvalue weighted by Crippen LogP contribution is 2.52. The van der Waals surface area contributed by atoms with Crippen molar-refractivity contribution in [3.8, 4) is 0 Å². The number of nitrogens with one attached hydrogen (secondary N) is 2. The second kappa shape index (κ2) is 6.44. The van der Waals surface area contributed by atoms with Gasteiger partial charge in [0.05, 0.1) is 37.3 Å². The van der Waals surface area contributed by atoms with Crippen LogP contribution in [0.3, 0.4) is 0 Å². The van der Waals surface area contributed by atoms with Gasteiger partial charge in [0.2, 0.25) is 11.8 Å². The predicted molar refractivity (Wildman–Crippen MR) is 110 cm³/mol. The minimum Gasteiger partial charge on any atom is -0.467 e. The maximum absolute atomic E-state index is 13.4. The molecule has 1 aromatic heterocycles. The molecule has 30 heavy (non-hydrogen) atoms. The first-order chi connectivity index (χ1) is 14.1. The number of amides is 2. The van der Waals surface area contributed by atoms with Crippen molar-refractivity contribution < 1.29 is 18.7 Å². The Morgan fingerprint density at radius 1 is 1.27 bits per heavy atom. The minimum absolute atomic E-state index is 0.0237. The molecule has 5 heterocycles. The summed E-state index contributed by atoms with van der Waals surface area (Å²) in [7, 11) is 0. The summed E-state index contributed by atoms with van der Waals surface area (Å²) in [4.78, 5) is 28.4. The smallest absolute Gasteiger partial charge is 0.230 e. The number of fused-ring (bicyclic) bond motifs is 1. The van der Waals surface area contributed by atoms with Crippen LogP contribution < -0.4 is 10.6 Å². The fourth-order valence-corrected chi connectivity index (χ4v) is 6.32. The van der Waals surface area contributed by atoms with Crippen molar-refractivity contribution in [1.82, 2.24) is 15.5 Å². The van der Waals surface area contributed by atoms with E-state index in [1.54, 1.807) is 11.2 Å². The van der Waals surface area contributed by atoms with Crippen LogP contribution in [-0.2, 0) is 20.9 Å². The van der Waals surface area contributed by atoms with Gasteiger partial charge < -0.3 is 24.7 Å². The second-order valence-electron chi connectivity index (χ2n) is 10.7. The molecule has 7 nitrogen and oxygen atoms in total. The molecule has 1 aromatic rings. The zero-order valence-corrected chi connectivity index (χ0v) is 18.1. The maximum Gasteiger partial charge on any atom is 0.230 e. The standard InChI is InChI=1S/C23H31N3O4/c1-21(2)10-14(11-22(3,4)25-21)24-19(27)17-16-7-8-23(30-16)13-26(20(28)18(17)23)12-15-6-5-9-29-15/h5-9,14,16-18,25H,10-13H2,1-4H3,(H,24,27)/t16-,17+,18+,23+/m1/s1. The van der Waals surface area contributed by atoms with Crippen LogP contribution in [0.25, 0.3) is 0 Å². The van der Waals surface area contributed by atoms with E-state index in [0.29, 0.717) is 13.1 Å². The van der Waals surface area contributed by atoms with Crippen molar-refractivity contribution in [3.63, 3.8) is 0 Å². The van der Waals surface area contributed by atoms with Crippen molar-refractivity contribution in [3.05, 3.63) is 36.3 Å². The largest absolute Gasteiger partial charge is 0.467 e. The average molecular weight is 414 g/mol. The molecule has 2 N–H and O–H groups in total. The first kappa shape index (κ1) is 19.8. The number of carbonyl (C=O) groups excluding carboxylic acids is 2. The maximum atomic E-state index is 13.4. The lowest BCUT2D eigenvalue weighted by molar-refractivity contribution is -0.138. The summed E-state index contributed by atoms with van der Waals surface area (Å²) < 4.78 is 11.6. The molecule has 3 fully saturated rings. The zero-order chi connectivity index (χ0) is 21.3. The van der Waals surface area contributed by atoms with E-state index in [2.05, 4.69) is 38.3 Å². The van der Waals surface area contributed by atoms with Gasteiger partial charge in [-0.2, -0.15) is 0 Å². The van der Waals surface area contributed by atoms with Crippen LogP contribution in [0.5, 0.6) is 0 Å². The molecule has 2 bridgehead atoms. The molecule has 162 valence electrons. The van der Waals surface area contributed by atoms with Crippen LogP contribution in [-0.4, -0.2) is 52.1 Å². The van der Waals surface area contributed by atoms with Gasteiger partial charge in [-0.05, 0) is 52.7 Å². The van der Waals surface area contributed by atoms with Gasteiger partial charge in [0.25, 0.3) is 0 Å². The van der Waals surface area contributed by atoms with Crippen molar-refractivity contribution >= 4 is 11.8 Å². The van der Waals surface area contributed by atoms with E-state index in [1.165, 1.54) is 0 Å². The lowest BCUT2D eigenvalue weighted by Gasteiger charge is -2.47. The molecule has 1 spiro atoms. The van der Waals surface area contributed by atoms with Crippen molar-refractivity contribution in [2.24, 2.45) is 11.8 Å². The van der Waals surface area contributed by atoms with Crippen LogP contribution in [0.2, 0.25) is 0 Å². The van der Waals surface area contributed by atoms with Gasteiger partial charge >= 0.3 is 0 Å². The first-order valence-corrected chi connectivity index (χ1v) is 10.9. The molecule has 2 amide bonds. The number of piperidine rings is 1. The Morgan fingerprint density at radius 2 is 2.00 bits per heavy atom. The van der Waals surface area contributed by atoms with Gasteiger partial charge in [-0.15, -0.1) is 0 Å². The molecule has 0 unspecified atom stereocenters. The van der Waals surface area contributed by atoms with E-state index < -0.39 is 17.4 Å². The number of furan rings is 1. The quantitative estimate of drug-likeness (QED) is 0.738. The summed E-state index contributed by atoms with van der Waals surface area (Å²) in [6.07, 6.45) is 6.93. The fraction of sp³-hybridized carbons (Fsp3) is 0.652. The van der Waals surface area contributed by atoms with E-state index in [4.69, 9.17) is 9.15 Å². The van der Waals surface area contributed by atoms with Gasteiger partial charge in [0, 0.05) is 17.1 Å². The second-order valence-corrected chi connectivity index (χ2v) is 10.7. The van der Waals surface area contributed by atoms with Gasteiger partial charge in [0.15, 0.2) is 0 Å². The van der Waals surface area contributed by atoms with E-state index >= 15 is 0 Å². The van der Waals surface area contributed by atoms with E-state index in [1.807, 2.05) is 24.3 Å². The third-order valence-corrected chi connectivity index (χ3v) is 6.94. The zero-order valence-electron chi connectivity index (χ0n) is 18.1. The average Bonchev–Trinajstić information content (AvgIpc) is 3.35. The lowest BCUT2D eigenvalue weighted by Crippen LogP contribution is -2.62. The number of nitrogens with zero attached hydrogens (tertiary/aromatic N) is 1. The number of ether oxygens (including phenoxy) is 1. The summed E-state index contributed by atoms with van der Waals surface area (Å²) in [6.45, 7) is 9.52. The third-order valence-electron chi connectivity index (χ3n) is 6.94. The topological polar surface area (TPSA) is 83.8 Å². The molecule has 5 rings (SSSR count).